The van der Waals surface area contributed by atoms with Crippen molar-refractivity contribution in [3.63, 3.8) is 0 Å². The summed E-state index contributed by atoms with van der Waals surface area (Å²) >= 11 is 0. The Balaban J connectivity index is 2.58. The van der Waals surface area contributed by atoms with Gasteiger partial charge < -0.3 is 31.4 Å². The smallest absolute Gasteiger partial charge is 0.323 e. The summed E-state index contributed by atoms with van der Waals surface area (Å²) in [7, 11) is 1.59. The molecule has 1 unspecified atom stereocenters. The fraction of sp³-hybridized carbons (Fsp3) is 0.529. The largest absolute Gasteiger partial charge is 0.508 e. The first-order valence-corrected chi connectivity index (χ1v) is 8.17. The van der Waals surface area contributed by atoms with E-state index in [1.54, 1.807) is 13.2 Å². The van der Waals surface area contributed by atoms with Crippen LogP contribution < -0.4 is 16.8 Å². The quantitative estimate of drug-likeness (QED) is 0.140. The van der Waals surface area contributed by atoms with Gasteiger partial charge in [-0.15, -0.1) is 0 Å². The summed E-state index contributed by atoms with van der Waals surface area (Å²) in [5, 5.41) is 13.2. The molecule has 0 aromatic rings. The summed E-state index contributed by atoms with van der Waals surface area (Å²) < 4.78 is 10.3. The van der Waals surface area contributed by atoms with Crippen molar-refractivity contribution in [2.24, 2.45) is 16.5 Å². The first-order chi connectivity index (χ1) is 12.0. The number of methoxy groups -OCH3 is 1. The Labute approximate surface area is 148 Å². The lowest BCUT2D eigenvalue weighted by Crippen LogP contribution is -2.39. The number of esters is 1. The second-order valence-corrected chi connectivity index (χ2v) is 5.59. The average molecular weight is 352 g/mol. The van der Waals surface area contributed by atoms with Crippen LogP contribution in [0.4, 0.5) is 0 Å². The second kappa shape index (κ2) is 11.3. The maximum Gasteiger partial charge on any atom is 0.323 e. The average Bonchev–Trinajstić information content (AvgIpc) is 2.59. The monoisotopic (exact) mass is 352 g/mol. The number of aliphatic hydroxyl groups excluding tert-OH is 1. The van der Waals surface area contributed by atoms with Crippen LogP contribution in [-0.4, -0.2) is 56.0 Å². The molecule has 0 aromatic heterocycles. The van der Waals surface area contributed by atoms with Crippen molar-refractivity contribution in [1.82, 2.24) is 5.32 Å². The number of ether oxygens (including phenoxy) is 2. The van der Waals surface area contributed by atoms with Gasteiger partial charge in [0.25, 0.3) is 0 Å². The summed E-state index contributed by atoms with van der Waals surface area (Å²) in [4.78, 5) is 16.0. The Morgan fingerprint density at radius 1 is 1.60 bits per heavy atom. The van der Waals surface area contributed by atoms with Crippen molar-refractivity contribution < 1.29 is 19.4 Å². The molecule has 0 aliphatic heterocycles. The van der Waals surface area contributed by atoms with Crippen molar-refractivity contribution in [2.75, 3.05) is 26.8 Å². The lowest BCUT2D eigenvalue weighted by molar-refractivity contribution is -0.145. The maximum atomic E-state index is 12.1. The van der Waals surface area contributed by atoms with Crippen LogP contribution in [0, 0.1) is 0 Å². The number of aliphatic imine (C=N–C) groups is 1. The highest BCUT2D eigenvalue weighted by molar-refractivity contribution is 5.76. The number of rotatable bonds is 11. The number of guanidine groups is 1. The minimum atomic E-state index is -0.525. The number of aliphatic hydroxyl groups is 1. The number of carbonyl (C=O) groups excluding carboxylic acids is 1. The Kier molecular flexibility index (Phi) is 9.34. The van der Waals surface area contributed by atoms with Crippen molar-refractivity contribution in [1.29, 1.82) is 0 Å². The summed E-state index contributed by atoms with van der Waals surface area (Å²) in [6, 6.07) is -0.525. The number of hydrogen-bond acceptors (Lipinski definition) is 6. The minimum absolute atomic E-state index is 0.0221. The zero-order chi connectivity index (χ0) is 18.7. The van der Waals surface area contributed by atoms with E-state index in [9.17, 15) is 9.90 Å². The summed E-state index contributed by atoms with van der Waals surface area (Å²) in [6.45, 7) is 4.45. The molecule has 1 rings (SSSR count). The zero-order valence-electron chi connectivity index (χ0n) is 14.6. The van der Waals surface area contributed by atoms with E-state index in [1.807, 2.05) is 6.08 Å². The molecule has 2 atom stereocenters. The number of carbonyl (C=O) groups is 1. The molecule has 0 bridgehead atoms. The molecule has 0 amide bonds. The van der Waals surface area contributed by atoms with Gasteiger partial charge in [0.2, 0.25) is 0 Å². The zero-order valence-corrected chi connectivity index (χ0v) is 14.6. The van der Waals surface area contributed by atoms with Crippen LogP contribution >= 0.6 is 0 Å². The molecule has 0 saturated heterocycles. The van der Waals surface area contributed by atoms with Gasteiger partial charge in [-0.2, -0.15) is 0 Å². The highest BCUT2D eigenvalue weighted by Gasteiger charge is 2.21. The molecule has 8 heteroatoms. The van der Waals surface area contributed by atoms with E-state index in [4.69, 9.17) is 20.9 Å². The number of nitrogens with one attached hydrogen (secondary N) is 1. The van der Waals surface area contributed by atoms with Crippen LogP contribution in [0.5, 0.6) is 0 Å². The molecule has 0 aromatic carbocycles. The SMILES string of the molecule is C=CCOC(=O)[C@H](CCCN=C(N)N)NCC1=CCC(OC)C=C1O. The Morgan fingerprint density at radius 2 is 2.36 bits per heavy atom. The van der Waals surface area contributed by atoms with Gasteiger partial charge in [-0.3, -0.25) is 9.79 Å². The van der Waals surface area contributed by atoms with Gasteiger partial charge in [0.05, 0.1) is 6.10 Å². The van der Waals surface area contributed by atoms with Gasteiger partial charge in [-0.1, -0.05) is 18.7 Å². The van der Waals surface area contributed by atoms with Crippen LogP contribution in [0.2, 0.25) is 0 Å². The summed E-state index contributed by atoms with van der Waals surface area (Å²) in [5.41, 5.74) is 11.3. The van der Waals surface area contributed by atoms with Crippen LogP contribution in [0.1, 0.15) is 19.3 Å². The lowest BCUT2D eigenvalue weighted by atomic mass is 10.0. The third-order valence-electron chi connectivity index (χ3n) is 3.68. The highest BCUT2D eigenvalue weighted by atomic mass is 16.5. The van der Waals surface area contributed by atoms with E-state index < -0.39 is 6.04 Å². The number of nitrogens with zero attached hydrogens (tertiary/aromatic N) is 1. The van der Waals surface area contributed by atoms with Gasteiger partial charge in [0.15, 0.2) is 5.96 Å². The molecule has 8 nitrogen and oxygen atoms in total. The van der Waals surface area contributed by atoms with Gasteiger partial charge in [0, 0.05) is 25.8 Å². The lowest BCUT2D eigenvalue weighted by Gasteiger charge is -2.21. The molecule has 0 radical (unpaired) electrons. The molecule has 0 fully saturated rings. The fourth-order valence-electron chi connectivity index (χ4n) is 2.32. The molecule has 25 heavy (non-hydrogen) atoms. The van der Waals surface area contributed by atoms with Crippen LogP contribution in [-0.2, 0) is 14.3 Å². The normalized spacial score (nSPS) is 17.9. The molecule has 1 aliphatic rings. The van der Waals surface area contributed by atoms with E-state index in [2.05, 4.69) is 16.9 Å². The molecular formula is C17H28N4O4. The molecule has 140 valence electrons. The Bertz CT molecular complexity index is 539. The van der Waals surface area contributed by atoms with Crippen molar-refractivity contribution in [3.8, 4) is 0 Å². The molecule has 0 spiro atoms. The molecular weight excluding hydrogens is 324 g/mol. The molecule has 1 aliphatic carbocycles. The highest BCUT2D eigenvalue weighted by Crippen LogP contribution is 2.18. The minimum Gasteiger partial charge on any atom is -0.508 e. The predicted octanol–water partition coefficient (Wildman–Crippen LogP) is 0.514. The number of nitrogens with two attached hydrogens (primary N) is 2. The van der Waals surface area contributed by atoms with E-state index in [0.29, 0.717) is 32.4 Å². The van der Waals surface area contributed by atoms with Crippen molar-refractivity contribution in [3.05, 3.63) is 36.1 Å². The van der Waals surface area contributed by atoms with Gasteiger partial charge >= 0.3 is 5.97 Å². The second-order valence-electron chi connectivity index (χ2n) is 5.59. The Hall–Kier alpha value is -2.32. The number of hydrogen-bond donors (Lipinski definition) is 4. The first kappa shape index (κ1) is 20.7. The van der Waals surface area contributed by atoms with E-state index in [0.717, 1.165) is 5.57 Å². The predicted molar refractivity (Wildman–Crippen MR) is 97.1 cm³/mol. The van der Waals surface area contributed by atoms with Crippen molar-refractivity contribution >= 4 is 11.9 Å². The Morgan fingerprint density at radius 3 is 2.96 bits per heavy atom. The fourth-order valence-corrected chi connectivity index (χ4v) is 2.32. The summed E-state index contributed by atoms with van der Waals surface area (Å²) in [5.74, 6) is -0.197. The van der Waals surface area contributed by atoms with Gasteiger partial charge in [-0.25, -0.2) is 0 Å². The summed E-state index contributed by atoms with van der Waals surface area (Å²) in [6.07, 6.45) is 6.72. The third-order valence-corrected chi connectivity index (χ3v) is 3.68. The first-order valence-electron chi connectivity index (χ1n) is 8.17. The maximum absolute atomic E-state index is 12.1. The molecule has 0 saturated carbocycles. The van der Waals surface area contributed by atoms with Crippen LogP contribution in [0.15, 0.2) is 41.1 Å². The van der Waals surface area contributed by atoms with Crippen LogP contribution in [0.25, 0.3) is 0 Å². The van der Waals surface area contributed by atoms with E-state index in [-0.39, 0.29) is 30.4 Å². The third kappa shape index (κ3) is 7.86. The van der Waals surface area contributed by atoms with Gasteiger partial charge in [-0.05, 0) is 25.3 Å². The van der Waals surface area contributed by atoms with Gasteiger partial charge in [0.1, 0.15) is 18.4 Å². The van der Waals surface area contributed by atoms with Crippen molar-refractivity contribution in [2.45, 2.75) is 31.4 Å². The molecule has 6 N–H and O–H groups in total. The molecule has 0 heterocycles. The van der Waals surface area contributed by atoms with E-state index >= 15 is 0 Å². The topological polar surface area (TPSA) is 132 Å². The standard InChI is InChI=1S/C17H28N4O4/c1-3-9-25-16(23)14(5-4-8-20-17(18)19)21-11-12-6-7-13(24-2)10-15(12)22/h3,6,10,13-14,21-22H,1,4-5,7-9,11H2,2H3,(H4,18,19,20)/t13?,14-/m0/s1. The van der Waals surface area contributed by atoms with E-state index in [1.165, 1.54) is 6.08 Å². The van der Waals surface area contributed by atoms with Crippen LogP contribution in [0.3, 0.4) is 0 Å².